The molecule has 0 unspecified atom stereocenters. The summed E-state index contributed by atoms with van der Waals surface area (Å²) < 4.78 is 0. The lowest BCUT2D eigenvalue weighted by molar-refractivity contribution is -0.384. The minimum atomic E-state index is -0.549. The molecule has 1 aliphatic rings. The van der Waals surface area contributed by atoms with Crippen molar-refractivity contribution in [2.75, 3.05) is 29.9 Å². The summed E-state index contributed by atoms with van der Waals surface area (Å²) in [5.41, 5.74) is 7.02. The number of nitro groups is 1. The quantitative estimate of drug-likeness (QED) is 0.631. The largest absolute Gasteiger partial charge is 0.371 e. The first kappa shape index (κ1) is 19.3. The van der Waals surface area contributed by atoms with E-state index < -0.39 is 10.8 Å². The lowest BCUT2D eigenvalue weighted by Crippen LogP contribution is -2.33. The Morgan fingerprint density at radius 3 is 2.29 bits per heavy atom. The maximum Gasteiger partial charge on any atom is 0.270 e. The first-order valence-electron chi connectivity index (χ1n) is 9.10. The number of carbonyl (C=O) groups is 2. The summed E-state index contributed by atoms with van der Waals surface area (Å²) in [5.74, 6) is -0.900. The topological polar surface area (TPSA) is 110 Å². The number of nitrogens with two attached hydrogens (primary N) is 1. The molecule has 2 N–H and O–H groups in total. The van der Waals surface area contributed by atoms with Crippen molar-refractivity contribution < 1.29 is 14.5 Å². The molecule has 2 aromatic carbocycles. The lowest BCUT2D eigenvalue weighted by Gasteiger charge is -2.31. The van der Waals surface area contributed by atoms with Crippen LogP contribution < -0.4 is 15.5 Å². The molecule has 0 bridgehead atoms. The van der Waals surface area contributed by atoms with Crippen LogP contribution in [0, 0.1) is 10.1 Å². The van der Waals surface area contributed by atoms with E-state index in [-0.39, 0.29) is 17.2 Å². The minimum Gasteiger partial charge on any atom is -0.371 e. The Morgan fingerprint density at radius 1 is 1.07 bits per heavy atom. The van der Waals surface area contributed by atoms with Crippen molar-refractivity contribution in [1.29, 1.82) is 0 Å². The third kappa shape index (κ3) is 3.95. The van der Waals surface area contributed by atoms with Gasteiger partial charge in [-0.05, 0) is 49.6 Å². The van der Waals surface area contributed by atoms with Crippen LogP contribution in [0.15, 0.2) is 42.5 Å². The second-order valence-electron chi connectivity index (χ2n) is 6.78. The summed E-state index contributed by atoms with van der Waals surface area (Å²) in [6.07, 6.45) is 3.18. The van der Waals surface area contributed by atoms with Crippen molar-refractivity contribution in [2.24, 2.45) is 5.73 Å². The number of rotatable bonds is 5. The predicted octanol–water partition coefficient (Wildman–Crippen LogP) is 2.96. The van der Waals surface area contributed by atoms with Crippen molar-refractivity contribution in [1.82, 2.24) is 0 Å². The number of nitrogens with zero attached hydrogens (tertiary/aromatic N) is 3. The normalized spacial score (nSPS) is 13.8. The zero-order valence-electron chi connectivity index (χ0n) is 15.6. The van der Waals surface area contributed by atoms with Crippen molar-refractivity contribution in [3.05, 3.63) is 63.7 Å². The monoisotopic (exact) mass is 382 g/mol. The van der Waals surface area contributed by atoms with Gasteiger partial charge in [-0.25, -0.2) is 0 Å². The highest BCUT2D eigenvalue weighted by Gasteiger charge is 2.24. The molecule has 28 heavy (non-hydrogen) atoms. The second kappa shape index (κ2) is 8.08. The summed E-state index contributed by atoms with van der Waals surface area (Å²) in [5, 5.41) is 11.2. The second-order valence-corrected chi connectivity index (χ2v) is 6.78. The fourth-order valence-corrected chi connectivity index (χ4v) is 3.37. The number of amides is 2. The van der Waals surface area contributed by atoms with Crippen LogP contribution in [0.25, 0.3) is 0 Å². The summed E-state index contributed by atoms with van der Waals surface area (Å²) >= 11 is 0. The van der Waals surface area contributed by atoms with Crippen LogP contribution in [0.2, 0.25) is 0 Å². The van der Waals surface area contributed by atoms with Crippen LogP contribution in [-0.2, 0) is 0 Å². The van der Waals surface area contributed by atoms with E-state index in [0.29, 0.717) is 16.9 Å². The van der Waals surface area contributed by atoms with Gasteiger partial charge in [0.1, 0.15) is 0 Å². The Kier molecular flexibility index (Phi) is 5.58. The van der Waals surface area contributed by atoms with Gasteiger partial charge in [-0.1, -0.05) is 0 Å². The Balaban J connectivity index is 1.96. The van der Waals surface area contributed by atoms with Crippen LogP contribution in [-0.4, -0.2) is 36.9 Å². The lowest BCUT2D eigenvalue weighted by atomic mass is 10.0. The van der Waals surface area contributed by atoms with E-state index in [1.54, 1.807) is 37.4 Å². The summed E-state index contributed by atoms with van der Waals surface area (Å²) in [4.78, 5) is 38.7. The number of nitro benzene ring substituents is 1. The van der Waals surface area contributed by atoms with Crippen molar-refractivity contribution >= 4 is 28.9 Å². The van der Waals surface area contributed by atoms with Crippen LogP contribution in [0.4, 0.5) is 17.1 Å². The number of non-ortho nitro benzene ring substituents is 1. The van der Waals surface area contributed by atoms with Gasteiger partial charge in [-0.15, -0.1) is 0 Å². The first-order chi connectivity index (χ1) is 13.4. The molecule has 0 radical (unpaired) electrons. The summed E-state index contributed by atoms with van der Waals surface area (Å²) in [7, 11) is 1.60. The molecule has 8 heteroatoms. The molecule has 1 heterocycles. The first-order valence-corrected chi connectivity index (χ1v) is 9.10. The highest BCUT2D eigenvalue weighted by molar-refractivity contribution is 6.10. The zero-order chi connectivity index (χ0) is 20.3. The van der Waals surface area contributed by atoms with Crippen molar-refractivity contribution in [3.63, 3.8) is 0 Å². The fourth-order valence-electron chi connectivity index (χ4n) is 3.37. The average molecular weight is 382 g/mol. The highest BCUT2D eigenvalue weighted by atomic mass is 16.6. The molecule has 2 aromatic rings. The predicted molar refractivity (Wildman–Crippen MR) is 107 cm³/mol. The van der Waals surface area contributed by atoms with Crippen LogP contribution in [0.1, 0.15) is 40.0 Å². The van der Waals surface area contributed by atoms with E-state index in [9.17, 15) is 19.7 Å². The van der Waals surface area contributed by atoms with Crippen LogP contribution in [0.3, 0.4) is 0 Å². The molecule has 2 amide bonds. The number of piperidine rings is 1. The Morgan fingerprint density at radius 2 is 1.71 bits per heavy atom. The number of hydrogen-bond donors (Lipinski definition) is 1. The Bertz CT molecular complexity index is 905. The molecule has 0 aliphatic carbocycles. The Labute approximate surface area is 162 Å². The minimum absolute atomic E-state index is 0.124. The molecule has 0 aromatic heterocycles. The molecule has 146 valence electrons. The van der Waals surface area contributed by atoms with Gasteiger partial charge in [0.25, 0.3) is 11.6 Å². The molecule has 8 nitrogen and oxygen atoms in total. The average Bonchev–Trinajstić information content (AvgIpc) is 2.73. The van der Waals surface area contributed by atoms with Crippen LogP contribution >= 0.6 is 0 Å². The van der Waals surface area contributed by atoms with Gasteiger partial charge < -0.3 is 15.5 Å². The van der Waals surface area contributed by atoms with Crippen molar-refractivity contribution in [2.45, 2.75) is 19.3 Å². The number of hydrogen-bond acceptors (Lipinski definition) is 5. The van der Waals surface area contributed by atoms with E-state index >= 15 is 0 Å². The third-order valence-corrected chi connectivity index (χ3v) is 4.96. The standard InChI is InChI=1S/C20H22N4O4/c1-22(15-7-5-14(6-8-15)19(21)25)20(26)17-13-16(24(27)28)9-10-18(17)23-11-3-2-4-12-23/h5-10,13H,2-4,11-12H2,1H3,(H2,21,25). The number of carbonyl (C=O) groups excluding carboxylic acids is 2. The number of primary amides is 1. The maximum absolute atomic E-state index is 13.2. The number of anilines is 2. The molecular formula is C20H22N4O4. The van der Waals surface area contributed by atoms with Gasteiger partial charge in [-0.2, -0.15) is 0 Å². The van der Waals surface area contributed by atoms with Gasteiger partial charge in [0, 0.05) is 43.5 Å². The molecule has 1 aliphatic heterocycles. The van der Waals surface area contributed by atoms with Crippen LogP contribution in [0.5, 0.6) is 0 Å². The fraction of sp³-hybridized carbons (Fsp3) is 0.300. The number of benzene rings is 2. The van der Waals surface area contributed by atoms with E-state index in [1.807, 2.05) is 0 Å². The summed E-state index contributed by atoms with van der Waals surface area (Å²) in [6, 6.07) is 10.7. The Hall–Kier alpha value is -3.42. The molecular weight excluding hydrogens is 360 g/mol. The maximum atomic E-state index is 13.2. The van der Waals surface area contributed by atoms with E-state index in [1.165, 1.54) is 17.0 Å². The SMILES string of the molecule is CN(C(=O)c1cc([N+](=O)[O-])ccc1N1CCCCC1)c1ccc(C(N)=O)cc1. The molecule has 1 fully saturated rings. The molecule has 3 rings (SSSR count). The van der Waals surface area contributed by atoms with Crippen molar-refractivity contribution in [3.8, 4) is 0 Å². The van der Waals surface area contributed by atoms with Gasteiger partial charge >= 0.3 is 0 Å². The zero-order valence-corrected chi connectivity index (χ0v) is 15.6. The highest BCUT2D eigenvalue weighted by Crippen LogP contribution is 2.30. The van der Waals surface area contributed by atoms with E-state index in [4.69, 9.17) is 5.73 Å². The molecule has 0 atom stereocenters. The van der Waals surface area contributed by atoms with Gasteiger partial charge in [0.15, 0.2) is 0 Å². The molecule has 1 saturated heterocycles. The third-order valence-electron chi connectivity index (χ3n) is 4.96. The van der Waals surface area contributed by atoms with E-state index in [2.05, 4.69) is 4.90 Å². The van der Waals surface area contributed by atoms with Gasteiger partial charge in [0.05, 0.1) is 16.2 Å². The molecule has 0 saturated carbocycles. The van der Waals surface area contributed by atoms with Gasteiger partial charge in [0.2, 0.25) is 5.91 Å². The molecule has 0 spiro atoms. The van der Waals surface area contributed by atoms with E-state index in [0.717, 1.165) is 32.4 Å². The summed E-state index contributed by atoms with van der Waals surface area (Å²) in [6.45, 7) is 1.63. The smallest absolute Gasteiger partial charge is 0.270 e. The van der Waals surface area contributed by atoms with Gasteiger partial charge in [-0.3, -0.25) is 19.7 Å².